The number of nitrogens with zero attached hydrogens (tertiary/aromatic N) is 5. The average molecular weight is 197 g/mol. The van der Waals surface area contributed by atoms with Crippen LogP contribution in [0.3, 0.4) is 0 Å². The van der Waals surface area contributed by atoms with Gasteiger partial charge in [-0.1, -0.05) is 18.2 Å². The van der Waals surface area contributed by atoms with Gasteiger partial charge in [0.05, 0.1) is 5.52 Å². The molecule has 0 aliphatic carbocycles. The molecule has 0 unspecified atom stereocenters. The van der Waals surface area contributed by atoms with Crippen LogP contribution in [0, 0.1) is 0 Å². The van der Waals surface area contributed by atoms with E-state index < -0.39 is 0 Å². The van der Waals surface area contributed by atoms with Crippen molar-refractivity contribution >= 4 is 10.9 Å². The Kier molecular flexibility index (Phi) is 1.68. The standard InChI is InChI=1S/C10H7N5/c1-2-4-9-8(3-1)5-6-15(9)10-13-11-7-12-14-10/h1-7H. The first-order valence-electron chi connectivity index (χ1n) is 4.52. The van der Waals surface area contributed by atoms with Crippen molar-refractivity contribution in [2.45, 2.75) is 0 Å². The number of para-hydroxylation sites is 1. The maximum absolute atomic E-state index is 3.91. The summed E-state index contributed by atoms with van der Waals surface area (Å²) in [7, 11) is 0. The monoisotopic (exact) mass is 197 g/mol. The minimum Gasteiger partial charge on any atom is -0.283 e. The maximum atomic E-state index is 3.91. The lowest BCUT2D eigenvalue weighted by molar-refractivity contribution is 0.792. The Morgan fingerprint density at radius 1 is 0.933 bits per heavy atom. The molecule has 5 heteroatoms. The van der Waals surface area contributed by atoms with Gasteiger partial charge in [0, 0.05) is 11.6 Å². The lowest BCUT2D eigenvalue weighted by Gasteiger charge is -1.99. The summed E-state index contributed by atoms with van der Waals surface area (Å²) in [4.78, 5) is 0. The Labute approximate surface area is 85.4 Å². The smallest absolute Gasteiger partial charge is 0.273 e. The first kappa shape index (κ1) is 8.05. The summed E-state index contributed by atoms with van der Waals surface area (Å²) in [5.74, 6) is 0.485. The van der Waals surface area contributed by atoms with Gasteiger partial charge in [-0.2, -0.15) is 0 Å². The predicted octanol–water partition coefficient (Wildman–Crippen LogP) is 1.21. The first-order valence-corrected chi connectivity index (χ1v) is 4.52. The second-order valence-corrected chi connectivity index (χ2v) is 3.09. The van der Waals surface area contributed by atoms with Crippen molar-refractivity contribution in [1.29, 1.82) is 0 Å². The number of aromatic nitrogens is 5. The molecule has 0 fully saturated rings. The van der Waals surface area contributed by atoms with E-state index in [1.165, 1.54) is 6.33 Å². The van der Waals surface area contributed by atoms with Crippen LogP contribution in [-0.2, 0) is 0 Å². The molecule has 0 bridgehead atoms. The largest absolute Gasteiger partial charge is 0.283 e. The van der Waals surface area contributed by atoms with Crippen molar-refractivity contribution in [2.75, 3.05) is 0 Å². The van der Waals surface area contributed by atoms with Gasteiger partial charge >= 0.3 is 0 Å². The van der Waals surface area contributed by atoms with Crippen LogP contribution >= 0.6 is 0 Å². The Morgan fingerprint density at radius 2 is 1.73 bits per heavy atom. The SMILES string of the molecule is c1ccc2c(c1)ccn2-c1nncnn1. The van der Waals surface area contributed by atoms with Crippen LogP contribution in [-0.4, -0.2) is 25.0 Å². The molecule has 15 heavy (non-hydrogen) atoms. The van der Waals surface area contributed by atoms with Crippen molar-refractivity contribution in [3.05, 3.63) is 42.9 Å². The third kappa shape index (κ3) is 1.25. The number of hydrogen-bond donors (Lipinski definition) is 0. The lowest BCUT2D eigenvalue weighted by Crippen LogP contribution is -2.02. The molecule has 0 aliphatic rings. The molecule has 0 spiro atoms. The molecule has 3 rings (SSSR count). The van der Waals surface area contributed by atoms with Gasteiger partial charge in [0.25, 0.3) is 5.95 Å². The molecule has 0 amide bonds. The molecule has 5 nitrogen and oxygen atoms in total. The van der Waals surface area contributed by atoms with Crippen LogP contribution in [0.5, 0.6) is 0 Å². The van der Waals surface area contributed by atoms with E-state index in [0.717, 1.165) is 10.9 Å². The molecule has 0 saturated carbocycles. The van der Waals surface area contributed by atoms with Crippen molar-refractivity contribution < 1.29 is 0 Å². The third-order valence-electron chi connectivity index (χ3n) is 2.21. The summed E-state index contributed by atoms with van der Waals surface area (Å²) in [6.07, 6.45) is 3.22. The molecule has 3 aromatic rings. The minimum atomic E-state index is 0.485. The zero-order valence-corrected chi connectivity index (χ0v) is 7.78. The first-order chi connectivity index (χ1) is 7.45. The Hall–Kier alpha value is -2.30. The third-order valence-corrected chi connectivity index (χ3v) is 2.21. The van der Waals surface area contributed by atoms with Gasteiger partial charge in [0.15, 0.2) is 6.33 Å². The lowest BCUT2D eigenvalue weighted by atomic mass is 10.2. The van der Waals surface area contributed by atoms with Crippen molar-refractivity contribution in [3.63, 3.8) is 0 Å². The molecule has 1 aromatic carbocycles. The van der Waals surface area contributed by atoms with E-state index in [0.29, 0.717) is 5.95 Å². The second kappa shape index (κ2) is 3.13. The van der Waals surface area contributed by atoms with Gasteiger partial charge in [0.2, 0.25) is 0 Å². The highest BCUT2D eigenvalue weighted by atomic mass is 15.3. The summed E-state index contributed by atoms with van der Waals surface area (Å²) in [5.41, 5.74) is 1.05. The van der Waals surface area contributed by atoms with Crippen LogP contribution in [0.15, 0.2) is 42.9 Å². The van der Waals surface area contributed by atoms with E-state index in [2.05, 4.69) is 20.4 Å². The van der Waals surface area contributed by atoms with E-state index >= 15 is 0 Å². The molecule has 0 aliphatic heterocycles. The highest BCUT2D eigenvalue weighted by Gasteiger charge is 2.04. The molecular weight excluding hydrogens is 190 g/mol. The van der Waals surface area contributed by atoms with Crippen molar-refractivity contribution in [2.24, 2.45) is 0 Å². The highest BCUT2D eigenvalue weighted by molar-refractivity contribution is 5.81. The van der Waals surface area contributed by atoms with Crippen LogP contribution in [0.2, 0.25) is 0 Å². The van der Waals surface area contributed by atoms with Gasteiger partial charge in [-0.3, -0.25) is 4.57 Å². The van der Waals surface area contributed by atoms with Crippen LogP contribution < -0.4 is 0 Å². The van der Waals surface area contributed by atoms with Gasteiger partial charge in [-0.25, -0.2) is 0 Å². The molecule has 2 heterocycles. The fourth-order valence-electron chi connectivity index (χ4n) is 1.55. The zero-order valence-electron chi connectivity index (χ0n) is 7.78. The molecule has 0 N–H and O–H groups in total. The topological polar surface area (TPSA) is 56.5 Å². The van der Waals surface area contributed by atoms with Gasteiger partial charge in [-0.15, -0.1) is 20.4 Å². The van der Waals surface area contributed by atoms with E-state index in [4.69, 9.17) is 0 Å². The van der Waals surface area contributed by atoms with Crippen molar-refractivity contribution in [1.82, 2.24) is 25.0 Å². The Bertz CT molecular complexity index is 587. The molecule has 0 saturated heterocycles. The van der Waals surface area contributed by atoms with E-state index in [1.54, 1.807) is 0 Å². The normalized spacial score (nSPS) is 10.7. The van der Waals surface area contributed by atoms with Gasteiger partial charge < -0.3 is 0 Å². The summed E-state index contributed by atoms with van der Waals surface area (Å²) in [6, 6.07) is 10.0. The molecule has 0 atom stereocenters. The summed E-state index contributed by atoms with van der Waals surface area (Å²) >= 11 is 0. The quantitative estimate of drug-likeness (QED) is 0.588. The number of rotatable bonds is 1. The van der Waals surface area contributed by atoms with Gasteiger partial charge in [-0.05, 0) is 12.1 Å². The fraction of sp³-hybridized carbons (Fsp3) is 0. The summed E-state index contributed by atoms with van der Waals surface area (Å²) in [6.45, 7) is 0. The Balaban J connectivity index is 2.28. The zero-order chi connectivity index (χ0) is 10.1. The molecular formula is C10H7N5. The summed E-state index contributed by atoms with van der Waals surface area (Å²) in [5, 5.41) is 16.4. The van der Waals surface area contributed by atoms with Crippen LogP contribution in [0.1, 0.15) is 0 Å². The average Bonchev–Trinajstić information content (AvgIpc) is 2.74. The predicted molar refractivity (Wildman–Crippen MR) is 54.5 cm³/mol. The molecule has 0 radical (unpaired) electrons. The number of benzene rings is 1. The maximum Gasteiger partial charge on any atom is 0.273 e. The Morgan fingerprint density at radius 3 is 2.60 bits per heavy atom. The summed E-state index contributed by atoms with van der Waals surface area (Å²) < 4.78 is 1.86. The van der Waals surface area contributed by atoms with Crippen molar-refractivity contribution in [3.8, 4) is 5.95 Å². The van der Waals surface area contributed by atoms with Crippen LogP contribution in [0.25, 0.3) is 16.9 Å². The van der Waals surface area contributed by atoms with E-state index in [9.17, 15) is 0 Å². The van der Waals surface area contributed by atoms with Gasteiger partial charge in [0.1, 0.15) is 0 Å². The molecule has 72 valence electrons. The second-order valence-electron chi connectivity index (χ2n) is 3.09. The minimum absolute atomic E-state index is 0.485. The number of fused-ring (bicyclic) bond motifs is 1. The fourth-order valence-corrected chi connectivity index (χ4v) is 1.55. The number of hydrogen-bond acceptors (Lipinski definition) is 4. The highest BCUT2D eigenvalue weighted by Crippen LogP contribution is 2.16. The van der Waals surface area contributed by atoms with E-state index in [-0.39, 0.29) is 0 Å². The molecule has 2 aromatic heterocycles. The van der Waals surface area contributed by atoms with Crippen LogP contribution in [0.4, 0.5) is 0 Å². The van der Waals surface area contributed by atoms with E-state index in [1.807, 2.05) is 41.1 Å².